The van der Waals surface area contributed by atoms with Gasteiger partial charge in [0.25, 0.3) is 5.69 Å². The first-order valence-electron chi connectivity index (χ1n) is 8.58. The molecule has 4 rings (SSSR count). The molecule has 1 aliphatic heterocycles. The first-order valence-corrected chi connectivity index (χ1v) is 8.58. The monoisotopic (exact) mass is 344 g/mol. The molecule has 2 heterocycles. The van der Waals surface area contributed by atoms with E-state index >= 15 is 0 Å². The van der Waals surface area contributed by atoms with Crippen molar-refractivity contribution in [2.45, 2.75) is 31.8 Å². The average Bonchev–Trinajstić information content (AvgIpc) is 3.14. The van der Waals surface area contributed by atoms with E-state index in [1.165, 1.54) is 25.0 Å². The quantitative estimate of drug-likeness (QED) is 0.563. The number of ether oxygens (including phenoxy) is 1. The molecule has 0 unspecified atom stereocenters. The minimum absolute atomic E-state index is 0.0182. The third kappa shape index (κ3) is 3.85. The fourth-order valence-corrected chi connectivity index (χ4v) is 3.21. The van der Waals surface area contributed by atoms with Gasteiger partial charge in [-0.15, -0.1) is 0 Å². The van der Waals surface area contributed by atoms with Gasteiger partial charge in [-0.2, -0.15) is 4.98 Å². The maximum atomic E-state index is 10.9. The lowest BCUT2D eigenvalue weighted by Gasteiger charge is -2.22. The predicted molar refractivity (Wildman–Crippen MR) is 88.7 cm³/mol. The first kappa shape index (κ1) is 16.2. The summed E-state index contributed by atoms with van der Waals surface area (Å²) in [6, 6.07) is 6.87. The van der Waals surface area contributed by atoms with Crippen LogP contribution in [-0.2, 0) is 11.3 Å². The van der Waals surface area contributed by atoms with E-state index in [1.54, 1.807) is 12.1 Å². The lowest BCUT2D eigenvalue weighted by atomic mass is 10.1. The highest BCUT2D eigenvalue weighted by Crippen LogP contribution is 2.30. The Morgan fingerprint density at radius 3 is 2.92 bits per heavy atom. The normalized spacial score (nSPS) is 20.3. The predicted octanol–water partition coefficient (Wildman–Crippen LogP) is 2.65. The molecule has 132 valence electrons. The Hall–Kier alpha value is -2.32. The maximum Gasteiger partial charge on any atom is 0.270 e. The molecule has 0 N–H and O–H groups in total. The highest BCUT2D eigenvalue weighted by Gasteiger charge is 2.32. The fraction of sp³-hybridized carbons (Fsp3) is 0.529. The number of nitrogens with zero attached hydrogens (tertiary/aromatic N) is 4. The Labute approximate surface area is 144 Å². The molecule has 8 nitrogen and oxygen atoms in total. The standard InChI is InChI=1S/C17H20N4O4/c22-21(23)15-3-1-2-13(8-15)17-18-16(25-19-17)10-20(14-4-5-14)9-12-6-7-24-11-12/h1-3,8,12,14H,4-7,9-11H2/t12-/m1/s1. The summed E-state index contributed by atoms with van der Waals surface area (Å²) < 4.78 is 10.9. The summed E-state index contributed by atoms with van der Waals surface area (Å²) in [4.78, 5) is 17.3. The van der Waals surface area contributed by atoms with Crippen LogP contribution in [0.25, 0.3) is 11.4 Å². The molecular formula is C17H20N4O4. The minimum atomic E-state index is -0.428. The first-order chi connectivity index (χ1) is 12.2. The molecule has 0 bridgehead atoms. The van der Waals surface area contributed by atoms with Gasteiger partial charge in [0.05, 0.1) is 18.1 Å². The van der Waals surface area contributed by atoms with Gasteiger partial charge in [-0.25, -0.2) is 0 Å². The molecule has 8 heteroatoms. The molecule has 1 saturated heterocycles. The van der Waals surface area contributed by atoms with Gasteiger partial charge in [0.2, 0.25) is 11.7 Å². The molecule has 1 saturated carbocycles. The number of rotatable bonds is 7. The number of hydrogen-bond donors (Lipinski definition) is 0. The van der Waals surface area contributed by atoms with Gasteiger partial charge in [-0.05, 0) is 25.2 Å². The summed E-state index contributed by atoms with van der Waals surface area (Å²) in [6.07, 6.45) is 3.52. The van der Waals surface area contributed by atoms with Crippen molar-refractivity contribution >= 4 is 5.69 Å². The largest absolute Gasteiger partial charge is 0.381 e. The average molecular weight is 344 g/mol. The van der Waals surface area contributed by atoms with E-state index < -0.39 is 4.92 Å². The zero-order valence-electron chi connectivity index (χ0n) is 13.8. The Morgan fingerprint density at radius 2 is 2.20 bits per heavy atom. The maximum absolute atomic E-state index is 10.9. The summed E-state index contributed by atoms with van der Waals surface area (Å²) in [5.41, 5.74) is 0.607. The second-order valence-electron chi connectivity index (χ2n) is 6.71. The molecule has 0 radical (unpaired) electrons. The molecule has 2 aromatic rings. The molecule has 25 heavy (non-hydrogen) atoms. The second-order valence-corrected chi connectivity index (χ2v) is 6.71. The van der Waals surface area contributed by atoms with Gasteiger partial charge in [0.15, 0.2) is 0 Å². The number of nitro benzene ring substituents is 1. The highest BCUT2D eigenvalue weighted by atomic mass is 16.6. The second kappa shape index (κ2) is 6.89. The van der Waals surface area contributed by atoms with Crippen LogP contribution in [0.4, 0.5) is 5.69 Å². The van der Waals surface area contributed by atoms with Gasteiger partial charge in [0, 0.05) is 36.9 Å². The van der Waals surface area contributed by atoms with Crippen LogP contribution in [0.15, 0.2) is 28.8 Å². The summed E-state index contributed by atoms with van der Waals surface area (Å²) in [7, 11) is 0. The summed E-state index contributed by atoms with van der Waals surface area (Å²) in [5, 5.41) is 14.9. The van der Waals surface area contributed by atoms with Crippen LogP contribution in [-0.4, -0.2) is 45.8 Å². The SMILES string of the molecule is O=[N+]([O-])c1cccc(-c2noc(CN(C[C@H]3CCOC3)C3CC3)n2)c1. The topological polar surface area (TPSA) is 94.5 Å². The van der Waals surface area contributed by atoms with Crippen LogP contribution in [0, 0.1) is 16.0 Å². The van der Waals surface area contributed by atoms with Gasteiger partial charge >= 0.3 is 0 Å². The van der Waals surface area contributed by atoms with E-state index in [0.29, 0.717) is 35.8 Å². The Bertz CT molecular complexity index is 753. The van der Waals surface area contributed by atoms with E-state index in [1.807, 2.05) is 0 Å². The number of aromatic nitrogens is 2. The van der Waals surface area contributed by atoms with Crippen molar-refractivity contribution in [2.75, 3.05) is 19.8 Å². The minimum Gasteiger partial charge on any atom is -0.381 e. The third-order valence-corrected chi connectivity index (χ3v) is 4.70. The molecule has 0 amide bonds. The highest BCUT2D eigenvalue weighted by molar-refractivity contribution is 5.58. The van der Waals surface area contributed by atoms with E-state index in [9.17, 15) is 10.1 Å². The molecule has 2 fully saturated rings. The summed E-state index contributed by atoms with van der Waals surface area (Å²) >= 11 is 0. The van der Waals surface area contributed by atoms with Crippen molar-refractivity contribution in [1.82, 2.24) is 15.0 Å². The molecule has 1 aromatic heterocycles. The number of hydrogen-bond acceptors (Lipinski definition) is 7. The van der Waals surface area contributed by atoms with Gasteiger partial charge in [-0.3, -0.25) is 15.0 Å². The van der Waals surface area contributed by atoms with E-state index in [2.05, 4.69) is 15.0 Å². The Morgan fingerprint density at radius 1 is 1.32 bits per heavy atom. The smallest absolute Gasteiger partial charge is 0.270 e. The van der Waals surface area contributed by atoms with Crippen molar-refractivity contribution in [1.29, 1.82) is 0 Å². The molecule has 2 aliphatic rings. The Kier molecular flexibility index (Phi) is 4.46. The Balaban J connectivity index is 1.46. The van der Waals surface area contributed by atoms with Crippen molar-refractivity contribution in [2.24, 2.45) is 5.92 Å². The third-order valence-electron chi connectivity index (χ3n) is 4.70. The van der Waals surface area contributed by atoms with Crippen LogP contribution in [0.2, 0.25) is 0 Å². The van der Waals surface area contributed by atoms with Crippen molar-refractivity contribution in [3.05, 3.63) is 40.3 Å². The molecule has 1 aromatic carbocycles. The van der Waals surface area contributed by atoms with Crippen LogP contribution in [0.3, 0.4) is 0 Å². The van der Waals surface area contributed by atoms with Crippen LogP contribution in [0.5, 0.6) is 0 Å². The van der Waals surface area contributed by atoms with Gasteiger partial charge in [0.1, 0.15) is 0 Å². The van der Waals surface area contributed by atoms with Crippen molar-refractivity contribution < 1.29 is 14.2 Å². The summed E-state index contributed by atoms with van der Waals surface area (Å²) in [6.45, 7) is 3.27. The fourth-order valence-electron chi connectivity index (χ4n) is 3.21. The van der Waals surface area contributed by atoms with Gasteiger partial charge in [-0.1, -0.05) is 17.3 Å². The van der Waals surface area contributed by atoms with E-state index in [-0.39, 0.29) is 5.69 Å². The van der Waals surface area contributed by atoms with E-state index in [0.717, 1.165) is 26.2 Å². The van der Waals surface area contributed by atoms with Crippen molar-refractivity contribution in [3.8, 4) is 11.4 Å². The van der Waals surface area contributed by atoms with Gasteiger partial charge < -0.3 is 9.26 Å². The van der Waals surface area contributed by atoms with Crippen molar-refractivity contribution in [3.63, 3.8) is 0 Å². The van der Waals surface area contributed by atoms with Crippen LogP contribution in [0.1, 0.15) is 25.2 Å². The van der Waals surface area contributed by atoms with Crippen LogP contribution >= 0.6 is 0 Å². The number of non-ortho nitro benzene ring substituents is 1. The molecule has 1 aliphatic carbocycles. The van der Waals surface area contributed by atoms with E-state index in [4.69, 9.17) is 9.26 Å². The lowest BCUT2D eigenvalue weighted by Crippen LogP contribution is -2.31. The zero-order chi connectivity index (χ0) is 17.2. The molecular weight excluding hydrogens is 324 g/mol. The lowest BCUT2D eigenvalue weighted by molar-refractivity contribution is -0.384. The summed E-state index contributed by atoms with van der Waals surface area (Å²) in [5.74, 6) is 1.51. The van der Waals surface area contributed by atoms with Crippen LogP contribution < -0.4 is 0 Å². The zero-order valence-corrected chi connectivity index (χ0v) is 13.8. The number of benzene rings is 1. The molecule has 1 atom stereocenters. The molecule has 0 spiro atoms. The number of nitro groups is 1.